The third kappa shape index (κ3) is 2.71. The van der Waals surface area contributed by atoms with E-state index in [1.54, 1.807) is 0 Å². The Balaban J connectivity index is 2.70. The highest BCUT2D eigenvalue weighted by Crippen LogP contribution is 2.31. The summed E-state index contributed by atoms with van der Waals surface area (Å²) in [6.07, 6.45) is 2.07. The number of nitrogen functional groups attached to an aromatic ring is 1. The molecule has 0 aliphatic carbocycles. The first-order valence-electron chi connectivity index (χ1n) is 6.87. The lowest BCUT2D eigenvalue weighted by molar-refractivity contribution is 0.594. The molecule has 1 heterocycles. The van der Waals surface area contributed by atoms with Gasteiger partial charge in [-0.05, 0) is 29.0 Å². The Bertz CT molecular complexity index is 582. The summed E-state index contributed by atoms with van der Waals surface area (Å²) >= 11 is 0. The number of hydrogen-bond donors (Lipinski definition) is 2. The van der Waals surface area contributed by atoms with E-state index in [2.05, 4.69) is 57.4 Å². The molecule has 0 unspecified atom stereocenters. The number of para-hydroxylation sites is 1. The summed E-state index contributed by atoms with van der Waals surface area (Å²) in [4.78, 5) is 4.74. The van der Waals surface area contributed by atoms with Gasteiger partial charge in [-0.25, -0.2) is 10.8 Å². The molecule has 0 aliphatic heterocycles. The first-order chi connectivity index (χ1) is 8.97. The molecular weight excluding hydrogens is 234 g/mol. The normalized spacial score (nSPS) is 11.8. The lowest BCUT2D eigenvalue weighted by atomic mass is 9.85. The number of benzene rings is 1. The zero-order valence-corrected chi connectivity index (χ0v) is 12.2. The van der Waals surface area contributed by atoms with Gasteiger partial charge in [0.15, 0.2) is 0 Å². The van der Waals surface area contributed by atoms with Crippen LogP contribution in [0.3, 0.4) is 0 Å². The Hall–Kier alpha value is -1.61. The van der Waals surface area contributed by atoms with E-state index in [1.165, 1.54) is 16.5 Å². The molecule has 102 valence electrons. The van der Waals surface area contributed by atoms with E-state index in [0.29, 0.717) is 0 Å². The van der Waals surface area contributed by atoms with Crippen LogP contribution in [0.4, 0.5) is 5.82 Å². The number of aromatic nitrogens is 1. The Morgan fingerprint density at radius 3 is 2.58 bits per heavy atom. The molecule has 0 fully saturated rings. The van der Waals surface area contributed by atoms with Gasteiger partial charge in [0.25, 0.3) is 0 Å². The van der Waals surface area contributed by atoms with Gasteiger partial charge in [-0.15, -0.1) is 0 Å². The molecule has 0 saturated carbocycles. The highest BCUT2D eigenvalue weighted by atomic mass is 15.2. The standard InChI is InChI=1S/C16H23N3/c1-5-7-12-10-11-8-6-9-13(16(2,3)4)14(11)18-15(12)19-17/h6,8-10H,5,7,17H2,1-4H3,(H,18,19). The molecule has 2 aromatic rings. The topological polar surface area (TPSA) is 50.9 Å². The zero-order chi connectivity index (χ0) is 14.0. The van der Waals surface area contributed by atoms with Gasteiger partial charge < -0.3 is 5.43 Å². The maximum atomic E-state index is 5.62. The molecule has 0 saturated heterocycles. The van der Waals surface area contributed by atoms with Crippen molar-refractivity contribution in [2.24, 2.45) is 5.84 Å². The summed E-state index contributed by atoms with van der Waals surface area (Å²) < 4.78 is 0. The van der Waals surface area contributed by atoms with E-state index in [0.717, 1.165) is 24.2 Å². The van der Waals surface area contributed by atoms with Crippen molar-refractivity contribution in [3.8, 4) is 0 Å². The maximum Gasteiger partial charge on any atom is 0.143 e. The molecule has 3 nitrogen and oxygen atoms in total. The second-order valence-corrected chi connectivity index (χ2v) is 6.02. The van der Waals surface area contributed by atoms with Gasteiger partial charge in [0.2, 0.25) is 0 Å². The number of nitrogens with zero attached hydrogens (tertiary/aromatic N) is 1. The van der Waals surface area contributed by atoms with E-state index in [1.807, 2.05) is 0 Å². The van der Waals surface area contributed by atoms with Crippen LogP contribution in [-0.2, 0) is 11.8 Å². The maximum absolute atomic E-state index is 5.62. The van der Waals surface area contributed by atoms with Crippen molar-refractivity contribution in [2.45, 2.75) is 46.0 Å². The van der Waals surface area contributed by atoms with Crippen LogP contribution in [0.1, 0.15) is 45.2 Å². The third-order valence-electron chi connectivity index (χ3n) is 3.39. The molecule has 0 spiro atoms. The van der Waals surface area contributed by atoms with Gasteiger partial charge in [-0.3, -0.25) is 0 Å². The smallest absolute Gasteiger partial charge is 0.143 e. The Morgan fingerprint density at radius 2 is 2.00 bits per heavy atom. The number of nitrogens with two attached hydrogens (primary N) is 1. The fourth-order valence-electron chi connectivity index (χ4n) is 2.43. The van der Waals surface area contributed by atoms with Gasteiger partial charge >= 0.3 is 0 Å². The number of anilines is 1. The van der Waals surface area contributed by atoms with Gasteiger partial charge in [0.05, 0.1) is 5.52 Å². The summed E-state index contributed by atoms with van der Waals surface area (Å²) in [5.41, 5.74) is 6.30. The molecule has 3 heteroatoms. The molecule has 2 rings (SSSR count). The zero-order valence-electron chi connectivity index (χ0n) is 12.2. The molecular formula is C16H23N3. The number of aryl methyl sites for hydroxylation is 1. The van der Waals surface area contributed by atoms with Crippen LogP contribution in [0.15, 0.2) is 24.3 Å². The van der Waals surface area contributed by atoms with Crippen LogP contribution in [0.2, 0.25) is 0 Å². The molecule has 0 amide bonds. The van der Waals surface area contributed by atoms with E-state index < -0.39 is 0 Å². The van der Waals surface area contributed by atoms with E-state index >= 15 is 0 Å². The van der Waals surface area contributed by atoms with E-state index in [9.17, 15) is 0 Å². The van der Waals surface area contributed by atoms with Crippen molar-refractivity contribution in [1.82, 2.24) is 4.98 Å². The van der Waals surface area contributed by atoms with Crippen molar-refractivity contribution in [3.05, 3.63) is 35.4 Å². The highest BCUT2D eigenvalue weighted by Gasteiger charge is 2.18. The first kappa shape index (κ1) is 13.8. The first-order valence-corrected chi connectivity index (χ1v) is 6.87. The lowest BCUT2D eigenvalue weighted by Crippen LogP contribution is -2.15. The highest BCUT2D eigenvalue weighted by molar-refractivity contribution is 5.85. The van der Waals surface area contributed by atoms with Crippen molar-refractivity contribution < 1.29 is 0 Å². The number of nitrogens with one attached hydrogen (secondary N) is 1. The number of fused-ring (bicyclic) bond motifs is 1. The van der Waals surface area contributed by atoms with E-state index in [4.69, 9.17) is 10.8 Å². The second-order valence-electron chi connectivity index (χ2n) is 6.02. The van der Waals surface area contributed by atoms with Crippen LogP contribution in [0, 0.1) is 0 Å². The molecule has 0 radical (unpaired) electrons. The average molecular weight is 257 g/mol. The van der Waals surface area contributed by atoms with Crippen molar-refractivity contribution >= 4 is 16.7 Å². The van der Waals surface area contributed by atoms with Crippen LogP contribution < -0.4 is 11.3 Å². The SMILES string of the molecule is CCCc1cc2cccc(C(C)(C)C)c2nc1NN. The quantitative estimate of drug-likeness (QED) is 0.650. The largest absolute Gasteiger partial charge is 0.308 e. The summed E-state index contributed by atoms with van der Waals surface area (Å²) in [5, 5.41) is 1.19. The number of pyridine rings is 1. The fourth-order valence-corrected chi connectivity index (χ4v) is 2.43. The Labute approximate surface area is 115 Å². The molecule has 19 heavy (non-hydrogen) atoms. The minimum atomic E-state index is 0.0741. The number of rotatable bonds is 3. The molecule has 0 bridgehead atoms. The average Bonchev–Trinajstić information content (AvgIpc) is 2.36. The minimum Gasteiger partial charge on any atom is -0.308 e. The van der Waals surface area contributed by atoms with Crippen LogP contribution in [0.25, 0.3) is 10.9 Å². The second kappa shape index (κ2) is 5.17. The lowest BCUT2D eigenvalue weighted by Gasteiger charge is -2.21. The summed E-state index contributed by atoms with van der Waals surface area (Å²) in [6, 6.07) is 8.58. The third-order valence-corrected chi connectivity index (χ3v) is 3.39. The fraction of sp³-hybridized carbons (Fsp3) is 0.438. The Morgan fingerprint density at radius 1 is 1.26 bits per heavy atom. The van der Waals surface area contributed by atoms with Gasteiger partial charge in [-0.1, -0.05) is 52.3 Å². The van der Waals surface area contributed by atoms with Crippen LogP contribution in [0.5, 0.6) is 0 Å². The van der Waals surface area contributed by atoms with Gasteiger partial charge in [0, 0.05) is 5.39 Å². The number of hydrazine groups is 1. The monoisotopic (exact) mass is 257 g/mol. The molecule has 1 aromatic heterocycles. The predicted molar refractivity (Wildman–Crippen MR) is 82.2 cm³/mol. The molecule has 1 aromatic carbocycles. The minimum absolute atomic E-state index is 0.0741. The summed E-state index contributed by atoms with van der Waals surface area (Å²) in [7, 11) is 0. The van der Waals surface area contributed by atoms with Crippen LogP contribution >= 0.6 is 0 Å². The van der Waals surface area contributed by atoms with Crippen molar-refractivity contribution in [3.63, 3.8) is 0 Å². The predicted octanol–water partition coefficient (Wildman–Crippen LogP) is 3.77. The van der Waals surface area contributed by atoms with Gasteiger partial charge in [0.1, 0.15) is 5.82 Å². The van der Waals surface area contributed by atoms with Crippen molar-refractivity contribution in [1.29, 1.82) is 0 Å². The van der Waals surface area contributed by atoms with E-state index in [-0.39, 0.29) is 5.41 Å². The van der Waals surface area contributed by atoms with Gasteiger partial charge in [-0.2, -0.15) is 0 Å². The Kier molecular flexibility index (Phi) is 3.76. The number of hydrogen-bond acceptors (Lipinski definition) is 3. The van der Waals surface area contributed by atoms with Crippen LogP contribution in [-0.4, -0.2) is 4.98 Å². The van der Waals surface area contributed by atoms with Crippen molar-refractivity contribution in [2.75, 3.05) is 5.43 Å². The summed E-state index contributed by atoms with van der Waals surface area (Å²) in [5.74, 6) is 6.42. The molecule has 0 aliphatic rings. The summed E-state index contributed by atoms with van der Waals surface area (Å²) in [6.45, 7) is 8.78. The molecule has 3 N–H and O–H groups in total. The molecule has 0 atom stereocenters.